The van der Waals surface area contributed by atoms with Gasteiger partial charge in [0.2, 0.25) is 0 Å². The van der Waals surface area contributed by atoms with Crippen LogP contribution in [0.5, 0.6) is 0 Å². The summed E-state index contributed by atoms with van der Waals surface area (Å²) in [6.07, 6.45) is 0. The zero-order chi connectivity index (χ0) is 22.7. The van der Waals surface area contributed by atoms with Crippen LogP contribution in [0.1, 0.15) is 33.4 Å². The van der Waals surface area contributed by atoms with Gasteiger partial charge in [-0.3, -0.25) is 14.9 Å². The lowest BCUT2D eigenvalue weighted by Gasteiger charge is -2.19. The third-order valence-corrected chi connectivity index (χ3v) is 5.22. The number of benzene rings is 3. The van der Waals surface area contributed by atoms with Crippen LogP contribution in [-0.4, -0.2) is 25.8 Å². The van der Waals surface area contributed by atoms with Crippen molar-refractivity contribution in [1.82, 2.24) is 20.3 Å². The predicted molar refractivity (Wildman–Crippen MR) is 120 cm³/mol. The number of rotatable bonds is 6. The van der Waals surface area contributed by atoms with E-state index in [-0.39, 0.29) is 11.4 Å². The molecule has 0 radical (unpaired) electrons. The Morgan fingerprint density at radius 1 is 1.03 bits per heavy atom. The Balaban J connectivity index is 1.66. The summed E-state index contributed by atoms with van der Waals surface area (Å²) in [6, 6.07) is 22.3. The number of hydrogen-bond acceptors (Lipinski definition) is 5. The normalized spacial score (nSPS) is 11.7. The number of nitrogens with one attached hydrogen (secondary N) is 1. The summed E-state index contributed by atoms with van der Waals surface area (Å²) >= 11 is 6.18. The Hall–Kier alpha value is -4.04. The second kappa shape index (κ2) is 8.99. The molecule has 4 rings (SSSR count). The van der Waals surface area contributed by atoms with Crippen molar-refractivity contribution < 1.29 is 9.72 Å². The monoisotopic (exact) mass is 447 g/mol. The van der Waals surface area contributed by atoms with Crippen LogP contribution in [-0.2, 0) is 0 Å². The molecule has 4 aromatic rings. The van der Waals surface area contributed by atoms with Gasteiger partial charge in [0.15, 0.2) is 5.69 Å². The predicted octanol–water partition coefficient (Wildman–Crippen LogP) is 4.66. The van der Waals surface area contributed by atoms with Crippen molar-refractivity contribution in [3.63, 3.8) is 0 Å². The summed E-state index contributed by atoms with van der Waals surface area (Å²) in [4.78, 5) is 23.8. The van der Waals surface area contributed by atoms with Gasteiger partial charge >= 0.3 is 0 Å². The second-order valence-electron chi connectivity index (χ2n) is 7.08. The zero-order valence-electron chi connectivity index (χ0n) is 17.0. The molecule has 1 atom stereocenters. The Bertz CT molecular complexity index is 1290. The number of hydrogen-bond donors (Lipinski definition) is 1. The van der Waals surface area contributed by atoms with Gasteiger partial charge in [0, 0.05) is 17.2 Å². The highest BCUT2D eigenvalue weighted by molar-refractivity contribution is 6.30. The summed E-state index contributed by atoms with van der Waals surface area (Å²) in [6.45, 7) is 1.69. The van der Waals surface area contributed by atoms with Crippen LogP contribution in [0.3, 0.4) is 0 Å². The molecule has 1 heterocycles. The van der Waals surface area contributed by atoms with E-state index in [2.05, 4.69) is 15.6 Å². The van der Waals surface area contributed by atoms with Crippen LogP contribution in [0.4, 0.5) is 5.69 Å². The fourth-order valence-corrected chi connectivity index (χ4v) is 3.61. The number of non-ortho nitro benzene ring substituents is 1. The quantitative estimate of drug-likeness (QED) is 0.342. The van der Waals surface area contributed by atoms with Gasteiger partial charge in [0.1, 0.15) is 0 Å². The van der Waals surface area contributed by atoms with Gasteiger partial charge in [-0.2, -0.15) is 0 Å². The lowest BCUT2D eigenvalue weighted by atomic mass is 9.98. The fraction of sp³-hybridized carbons (Fsp3) is 0.0870. The van der Waals surface area contributed by atoms with Crippen molar-refractivity contribution in [2.75, 3.05) is 0 Å². The van der Waals surface area contributed by atoms with E-state index in [0.29, 0.717) is 16.4 Å². The van der Waals surface area contributed by atoms with Gasteiger partial charge < -0.3 is 5.32 Å². The largest absolute Gasteiger partial charge is 0.340 e. The number of carbonyl (C=O) groups is 1. The Morgan fingerprint density at radius 3 is 2.47 bits per heavy atom. The molecule has 9 heteroatoms. The molecule has 32 heavy (non-hydrogen) atoms. The van der Waals surface area contributed by atoms with Crippen molar-refractivity contribution in [3.8, 4) is 5.69 Å². The number of nitrogens with zero attached hydrogens (tertiary/aromatic N) is 4. The number of nitro groups is 1. The van der Waals surface area contributed by atoms with Crippen LogP contribution in [0.15, 0.2) is 78.9 Å². The van der Waals surface area contributed by atoms with Crippen molar-refractivity contribution in [2.24, 2.45) is 0 Å². The van der Waals surface area contributed by atoms with Crippen LogP contribution in [0.2, 0.25) is 5.02 Å². The minimum Gasteiger partial charge on any atom is -0.340 e. The average Bonchev–Trinajstić information content (AvgIpc) is 3.19. The summed E-state index contributed by atoms with van der Waals surface area (Å²) in [5, 5.41) is 22.7. The molecule has 0 saturated carbocycles. The molecule has 0 fully saturated rings. The molecule has 3 aromatic carbocycles. The van der Waals surface area contributed by atoms with E-state index in [1.165, 1.54) is 16.8 Å². The minimum atomic E-state index is -0.487. The maximum Gasteiger partial charge on any atom is 0.274 e. The summed E-state index contributed by atoms with van der Waals surface area (Å²) < 4.78 is 1.40. The van der Waals surface area contributed by atoms with E-state index in [1.807, 2.05) is 42.5 Å². The number of carbonyl (C=O) groups excluding carboxylic acids is 1. The first-order chi connectivity index (χ1) is 15.4. The minimum absolute atomic E-state index is 0.0755. The summed E-state index contributed by atoms with van der Waals surface area (Å²) in [5.41, 5.74) is 2.65. The summed E-state index contributed by atoms with van der Waals surface area (Å²) in [5.74, 6) is -0.423. The van der Waals surface area contributed by atoms with Crippen molar-refractivity contribution in [3.05, 3.63) is 117 Å². The third kappa shape index (κ3) is 4.35. The van der Waals surface area contributed by atoms with E-state index in [0.717, 1.165) is 11.1 Å². The molecule has 160 valence electrons. The maximum atomic E-state index is 13.2. The van der Waals surface area contributed by atoms with E-state index >= 15 is 0 Å². The van der Waals surface area contributed by atoms with Gasteiger partial charge in [-0.25, -0.2) is 4.68 Å². The topological polar surface area (TPSA) is 103 Å². The standard InChI is InChI=1S/C23H18ClN5O3/c1-15-21(26-27-28(15)19-11-6-12-20(14-19)29(31)32)23(30)25-22(16-7-3-2-4-8-16)17-9-5-10-18(24)13-17/h2-14,22H,1H3,(H,25,30). The van der Waals surface area contributed by atoms with Crippen LogP contribution in [0.25, 0.3) is 5.69 Å². The Kier molecular flexibility index (Phi) is 5.96. The van der Waals surface area contributed by atoms with Gasteiger partial charge in [0.25, 0.3) is 11.6 Å². The molecule has 0 aliphatic carbocycles. The molecular weight excluding hydrogens is 430 g/mol. The van der Waals surface area contributed by atoms with Crippen LogP contribution >= 0.6 is 11.6 Å². The van der Waals surface area contributed by atoms with E-state index in [9.17, 15) is 14.9 Å². The van der Waals surface area contributed by atoms with Crippen molar-refractivity contribution in [2.45, 2.75) is 13.0 Å². The van der Waals surface area contributed by atoms with Gasteiger partial charge in [-0.1, -0.05) is 65.3 Å². The van der Waals surface area contributed by atoms with Gasteiger partial charge in [0.05, 0.1) is 22.3 Å². The number of halogens is 1. The first-order valence-electron chi connectivity index (χ1n) is 9.72. The molecule has 0 aliphatic heterocycles. The number of nitro benzene ring substituents is 1. The Morgan fingerprint density at radius 2 is 1.75 bits per heavy atom. The average molecular weight is 448 g/mol. The molecule has 1 unspecified atom stereocenters. The van der Waals surface area contributed by atoms with Gasteiger partial charge in [-0.15, -0.1) is 5.10 Å². The molecule has 8 nitrogen and oxygen atoms in total. The van der Waals surface area contributed by atoms with E-state index in [4.69, 9.17) is 11.6 Å². The highest BCUT2D eigenvalue weighted by Gasteiger charge is 2.23. The fourth-order valence-electron chi connectivity index (χ4n) is 3.41. The highest BCUT2D eigenvalue weighted by atomic mass is 35.5. The van der Waals surface area contributed by atoms with Crippen molar-refractivity contribution in [1.29, 1.82) is 0 Å². The molecule has 0 bridgehead atoms. The zero-order valence-corrected chi connectivity index (χ0v) is 17.7. The first kappa shape index (κ1) is 21.2. The molecule has 0 aliphatic rings. The molecule has 1 aromatic heterocycles. The van der Waals surface area contributed by atoms with Crippen LogP contribution in [0, 0.1) is 17.0 Å². The molecule has 0 saturated heterocycles. The number of amides is 1. The molecular formula is C23H18ClN5O3. The molecule has 1 N–H and O–H groups in total. The smallest absolute Gasteiger partial charge is 0.274 e. The first-order valence-corrected chi connectivity index (χ1v) is 10.1. The van der Waals surface area contributed by atoms with E-state index in [1.54, 1.807) is 31.2 Å². The lowest BCUT2D eigenvalue weighted by molar-refractivity contribution is -0.384. The SMILES string of the molecule is Cc1c(C(=O)NC(c2ccccc2)c2cccc(Cl)c2)nnn1-c1cccc([N+](=O)[O-])c1. The molecule has 1 amide bonds. The Labute approximate surface area is 188 Å². The van der Waals surface area contributed by atoms with Crippen molar-refractivity contribution >= 4 is 23.2 Å². The second-order valence-corrected chi connectivity index (χ2v) is 7.52. The molecule has 0 spiro atoms. The maximum absolute atomic E-state index is 13.2. The summed E-state index contributed by atoms with van der Waals surface area (Å²) in [7, 11) is 0. The van der Waals surface area contributed by atoms with Gasteiger partial charge in [-0.05, 0) is 36.2 Å². The lowest BCUT2D eigenvalue weighted by Crippen LogP contribution is -2.30. The van der Waals surface area contributed by atoms with Crippen LogP contribution < -0.4 is 5.32 Å². The van der Waals surface area contributed by atoms with E-state index < -0.39 is 16.9 Å². The number of aromatic nitrogens is 3. The third-order valence-electron chi connectivity index (χ3n) is 4.99. The highest BCUT2D eigenvalue weighted by Crippen LogP contribution is 2.25.